The number of rotatable bonds is 1. The minimum Gasteiger partial charge on any atom is -0.744 e. The van der Waals surface area contributed by atoms with Crippen LogP contribution in [-0.4, -0.2) is 13.0 Å². The zero-order valence-corrected chi connectivity index (χ0v) is 11.7. The molecular formula is C8H3KN2O3S. The third-order valence-corrected chi connectivity index (χ3v) is 2.31. The Hall–Kier alpha value is -0.254. The van der Waals surface area contributed by atoms with Crippen LogP contribution >= 0.6 is 0 Å². The summed E-state index contributed by atoms with van der Waals surface area (Å²) in [7, 11) is -4.56. The van der Waals surface area contributed by atoms with Crippen LogP contribution in [0.15, 0.2) is 23.1 Å². The Morgan fingerprint density at radius 3 is 2.07 bits per heavy atom. The molecule has 0 heterocycles. The molecule has 0 N–H and O–H groups in total. The smallest absolute Gasteiger partial charge is 0.744 e. The molecule has 0 aromatic heterocycles. The van der Waals surface area contributed by atoms with Gasteiger partial charge in [-0.05, 0) is 0 Å². The third kappa shape index (κ3) is 3.67. The summed E-state index contributed by atoms with van der Waals surface area (Å²) < 4.78 is 31.7. The summed E-state index contributed by atoms with van der Waals surface area (Å²) in [5, 5.41) is 0. The summed E-state index contributed by atoms with van der Waals surface area (Å²) in [6.45, 7) is 13.3. The summed E-state index contributed by atoms with van der Waals surface area (Å²) in [5.74, 6) is 0. The van der Waals surface area contributed by atoms with Gasteiger partial charge in [-0.2, -0.15) is 0 Å². The maximum atomic E-state index is 10.6. The van der Waals surface area contributed by atoms with Crippen LogP contribution in [-0.2, 0) is 10.1 Å². The van der Waals surface area contributed by atoms with E-state index in [2.05, 4.69) is 9.69 Å². The van der Waals surface area contributed by atoms with Gasteiger partial charge in [0.25, 0.3) is 0 Å². The van der Waals surface area contributed by atoms with Crippen molar-refractivity contribution < 1.29 is 64.4 Å². The van der Waals surface area contributed by atoms with Gasteiger partial charge in [0, 0.05) is 4.90 Å². The molecule has 1 rings (SSSR count). The molecule has 1 aromatic carbocycles. The zero-order valence-electron chi connectivity index (χ0n) is 7.76. The minimum absolute atomic E-state index is 0. The number of hydrogen-bond acceptors (Lipinski definition) is 3. The fourth-order valence-electron chi connectivity index (χ4n) is 0.843. The van der Waals surface area contributed by atoms with Crippen molar-refractivity contribution in [3.63, 3.8) is 0 Å². The van der Waals surface area contributed by atoms with Crippen molar-refractivity contribution in [2.75, 3.05) is 0 Å². The van der Waals surface area contributed by atoms with E-state index >= 15 is 0 Å². The monoisotopic (exact) mass is 246 g/mol. The third-order valence-electron chi connectivity index (χ3n) is 1.48. The second-order valence-electron chi connectivity index (χ2n) is 2.33. The summed E-state index contributed by atoms with van der Waals surface area (Å²) in [6.07, 6.45) is 0. The Kier molecular flexibility index (Phi) is 5.63. The number of nitrogens with zero attached hydrogens (tertiary/aromatic N) is 2. The van der Waals surface area contributed by atoms with Crippen molar-refractivity contribution in [2.45, 2.75) is 4.90 Å². The van der Waals surface area contributed by atoms with Crippen LogP contribution in [0.4, 0.5) is 11.4 Å². The van der Waals surface area contributed by atoms with E-state index in [1.807, 2.05) is 0 Å². The first-order chi connectivity index (χ1) is 6.49. The Morgan fingerprint density at radius 1 is 1.13 bits per heavy atom. The molecule has 0 bridgehead atoms. The Bertz CT molecular complexity index is 554. The Morgan fingerprint density at radius 2 is 1.67 bits per heavy atom. The molecule has 0 fully saturated rings. The van der Waals surface area contributed by atoms with E-state index in [9.17, 15) is 13.0 Å². The molecule has 7 heteroatoms. The van der Waals surface area contributed by atoms with Crippen LogP contribution < -0.4 is 51.4 Å². The van der Waals surface area contributed by atoms with Crippen LogP contribution in [0.25, 0.3) is 9.69 Å². The van der Waals surface area contributed by atoms with Crippen molar-refractivity contribution in [1.82, 2.24) is 0 Å². The van der Waals surface area contributed by atoms with Gasteiger partial charge < -0.3 is 4.55 Å². The normalized spacial score (nSPS) is 9.53. The van der Waals surface area contributed by atoms with Crippen molar-refractivity contribution in [3.8, 4) is 0 Å². The summed E-state index contributed by atoms with van der Waals surface area (Å²) in [6, 6.07) is 3.07. The first kappa shape index (κ1) is 14.7. The Labute approximate surface area is 130 Å². The summed E-state index contributed by atoms with van der Waals surface area (Å²) in [4.78, 5) is 5.46. The quantitative estimate of drug-likeness (QED) is 0.351. The molecule has 0 radical (unpaired) electrons. The van der Waals surface area contributed by atoms with Crippen molar-refractivity contribution in [2.24, 2.45) is 0 Å². The molecule has 0 amide bonds. The van der Waals surface area contributed by atoms with Gasteiger partial charge in [0.15, 0.2) is 11.4 Å². The fourth-order valence-corrected chi connectivity index (χ4v) is 1.33. The first-order valence-electron chi connectivity index (χ1n) is 3.34. The van der Waals surface area contributed by atoms with E-state index in [-0.39, 0.29) is 62.8 Å². The second kappa shape index (κ2) is 5.73. The van der Waals surface area contributed by atoms with E-state index in [1.54, 1.807) is 0 Å². The molecule has 5 nitrogen and oxygen atoms in total. The van der Waals surface area contributed by atoms with Crippen LogP contribution in [0.2, 0.25) is 0 Å². The molecule has 0 aliphatic carbocycles. The van der Waals surface area contributed by atoms with Crippen LogP contribution in [0, 0.1) is 13.1 Å². The van der Waals surface area contributed by atoms with Gasteiger partial charge in [0.05, 0.1) is 13.1 Å². The van der Waals surface area contributed by atoms with E-state index in [0.717, 1.165) is 18.2 Å². The van der Waals surface area contributed by atoms with Crippen LogP contribution in [0.1, 0.15) is 0 Å². The van der Waals surface area contributed by atoms with Gasteiger partial charge in [-0.1, -0.05) is 18.2 Å². The predicted octanol–water partition coefficient (Wildman–Crippen LogP) is -1.30. The molecule has 0 saturated heterocycles. The topological polar surface area (TPSA) is 65.9 Å². The molecule has 15 heavy (non-hydrogen) atoms. The molecular weight excluding hydrogens is 243 g/mol. The average Bonchev–Trinajstić information content (AvgIpc) is 2.15. The van der Waals surface area contributed by atoms with Gasteiger partial charge in [0.1, 0.15) is 10.1 Å². The van der Waals surface area contributed by atoms with Gasteiger partial charge >= 0.3 is 51.4 Å². The molecule has 0 aliphatic rings. The van der Waals surface area contributed by atoms with Gasteiger partial charge in [-0.3, -0.25) is 9.69 Å². The van der Waals surface area contributed by atoms with Gasteiger partial charge in [0.2, 0.25) is 0 Å². The molecule has 0 aliphatic heterocycles. The van der Waals surface area contributed by atoms with E-state index in [0.29, 0.717) is 0 Å². The molecule has 0 unspecified atom stereocenters. The van der Waals surface area contributed by atoms with Crippen LogP contribution in [0.3, 0.4) is 0 Å². The SMILES string of the molecule is [C-]#[N+]c1ccc(S(=O)(=O)[O-])cc1[N+]#[C-].[K+]. The van der Waals surface area contributed by atoms with Crippen molar-refractivity contribution >= 4 is 21.5 Å². The van der Waals surface area contributed by atoms with Gasteiger partial charge in [-0.25, -0.2) is 8.42 Å². The first-order valence-corrected chi connectivity index (χ1v) is 4.74. The molecule has 70 valence electrons. The molecule has 0 saturated carbocycles. The van der Waals surface area contributed by atoms with E-state index < -0.39 is 15.0 Å². The summed E-state index contributed by atoms with van der Waals surface area (Å²) in [5.41, 5.74) is -0.0932. The van der Waals surface area contributed by atoms with Crippen molar-refractivity contribution in [3.05, 3.63) is 41.0 Å². The van der Waals surface area contributed by atoms with Gasteiger partial charge in [-0.15, -0.1) is 0 Å². The molecule has 0 atom stereocenters. The Balaban J connectivity index is 0.00000196. The minimum atomic E-state index is -4.56. The second-order valence-corrected chi connectivity index (χ2v) is 3.71. The average molecular weight is 246 g/mol. The standard InChI is InChI=1S/C8H4N2O3S.K/c1-9-7-4-3-6(14(11,12)13)5-8(7)10-2;/h3-5H,(H,11,12,13);/q;+1/p-1. The number of hydrogen-bond donors (Lipinski definition) is 0. The van der Waals surface area contributed by atoms with E-state index in [1.165, 1.54) is 0 Å². The maximum Gasteiger partial charge on any atom is 1.00 e. The largest absolute Gasteiger partial charge is 1.00 e. The maximum absolute atomic E-state index is 10.6. The van der Waals surface area contributed by atoms with Crippen LogP contribution in [0.5, 0.6) is 0 Å². The predicted molar refractivity (Wildman–Crippen MR) is 46.9 cm³/mol. The molecule has 1 aromatic rings. The van der Waals surface area contributed by atoms with E-state index in [4.69, 9.17) is 13.1 Å². The molecule has 0 spiro atoms. The zero-order chi connectivity index (χ0) is 10.8. The van der Waals surface area contributed by atoms with Crippen molar-refractivity contribution in [1.29, 1.82) is 0 Å². The fraction of sp³-hybridized carbons (Fsp3) is 0. The number of benzene rings is 1. The summed E-state index contributed by atoms with van der Waals surface area (Å²) >= 11 is 0.